The monoisotopic (exact) mass is 234 g/mol. The van der Waals surface area contributed by atoms with Gasteiger partial charge in [0.1, 0.15) is 16.1 Å². The molecule has 1 atom stereocenters. The van der Waals surface area contributed by atoms with Crippen molar-refractivity contribution in [3.05, 3.63) is 21.7 Å². The van der Waals surface area contributed by atoms with Crippen molar-refractivity contribution in [2.75, 3.05) is 7.11 Å². The highest BCUT2D eigenvalue weighted by Gasteiger charge is 2.10. The molecule has 0 amide bonds. The number of hydrogen-bond acceptors (Lipinski definition) is 3. The summed E-state index contributed by atoms with van der Waals surface area (Å²) in [5.74, 6) is 0.611. The number of rotatable bonds is 3. The smallest absolute Gasteiger partial charge is 0.137 e. The Morgan fingerprint density at radius 3 is 2.21 bits per heavy atom. The molecule has 3 nitrogen and oxygen atoms in total. The molecule has 0 N–H and O–H groups in total. The van der Waals surface area contributed by atoms with Crippen LogP contribution in [0.3, 0.4) is 0 Å². The Morgan fingerprint density at radius 2 is 1.79 bits per heavy atom. The maximum atomic E-state index is 5.87. The molecular formula is C9H12Cl2N2O. The summed E-state index contributed by atoms with van der Waals surface area (Å²) in [4.78, 5) is 8.22. The molecule has 0 fully saturated rings. The van der Waals surface area contributed by atoms with Crippen LogP contribution in [-0.4, -0.2) is 23.2 Å². The zero-order valence-electron chi connectivity index (χ0n) is 8.34. The van der Waals surface area contributed by atoms with E-state index in [9.17, 15) is 0 Å². The summed E-state index contributed by atoms with van der Waals surface area (Å²) in [7, 11) is 1.64. The fraction of sp³-hybridized carbons (Fsp3) is 0.556. The topological polar surface area (TPSA) is 35.0 Å². The molecular weight excluding hydrogens is 223 g/mol. The normalized spacial score (nSPS) is 12.9. The molecule has 1 rings (SSSR count). The Balaban J connectivity index is 2.89. The van der Waals surface area contributed by atoms with Crippen LogP contribution in [0.5, 0.6) is 0 Å². The Labute approximate surface area is 93.4 Å². The highest BCUT2D eigenvalue weighted by atomic mass is 35.5. The van der Waals surface area contributed by atoms with E-state index in [1.54, 1.807) is 14.0 Å². The first kappa shape index (κ1) is 11.7. The molecule has 0 aliphatic rings. The zero-order valence-corrected chi connectivity index (χ0v) is 9.85. The second-order valence-corrected chi connectivity index (χ2v) is 3.81. The van der Waals surface area contributed by atoms with Crippen LogP contribution in [0.25, 0.3) is 0 Å². The molecule has 1 heterocycles. The van der Waals surface area contributed by atoms with Gasteiger partial charge in [-0.2, -0.15) is 0 Å². The van der Waals surface area contributed by atoms with Crippen molar-refractivity contribution in [2.24, 2.45) is 0 Å². The van der Waals surface area contributed by atoms with Gasteiger partial charge in [-0.1, -0.05) is 23.2 Å². The van der Waals surface area contributed by atoms with E-state index in [1.165, 1.54) is 0 Å². The van der Waals surface area contributed by atoms with Crippen LogP contribution in [-0.2, 0) is 11.2 Å². The standard InChI is InChI=1S/C9H12Cl2N2O/c1-5(14-3)4-7-12-8(10)6(2)9(11)13-7/h5H,4H2,1-3H3. The molecule has 1 aromatic heterocycles. The Morgan fingerprint density at radius 1 is 1.29 bits per heavy atom. The molecule has 14 heavy (non-hydrogen) atoms. The van der Waals surface area contributed by atoms with Crippen LogP contribution >= 0.6 is 23.2 Å². The van der Waals surface area contributed by atoms with Crippen LogP contribution in [0.15, 0.2) is 0 Å². The van der Waals surface area contributed by atoms with Crippen molar-refractivity contribution in [1.29, 1.82) is 0 Å². The molecule has 0 aliphatic carbocycles. The van der Waals surface area contributed by atoms with E-state index < -0.39 is 0 Å². The maximum Gasteiger partial charge on any atom is 0.137 e. The van der Waals surface area contributed by atoms with Gasteiger partial charge in [0.2, 0.25) is 0 Å². The molecule has 0 aliphatic heterocycles. The third-order valence-electron chi connectivity index (χ3n) is 1.95. The van der Waals surface area contributed by atoms with Crippen molar-refractivity contribution in [3.8, 4) is 0 Å². The van der Waals surface area contributed by atoms with Gasteiger partial charge in [-0.05, 0) is 13.8 Å². The number of ether oxygens (including phenoxy) is 1. The number of methoxy groups -OCH3 is 1. The molecule has 0 bridgehead atoms. The fourth-order valence-corrected chi connectivity index (χ4v) is 1.36. The average molecular weight is 235 g/mol. The van der Waals surface area contributed by atoms with Crippen LogP contribution in [0.2, 0.25) is 10.3 Å². The van der Waals surface area contributed by atoms with E-state index in [1.807, 2.05) is 6.92 Å². The number of halogens is 2. The minimum absolute atomic E-state index is 0.0600. The summed E-state index contributed by atoms with van der Waals surface area (Å²) in [6, 6.07) is 0. The van der Waals surface area contributed by atoms with Gasteiger partial charge in [-0.3, -0.25) is 0 Å². The Hall–Kier alpha value is -0.380. The predicted molar refractivity (Wildman–Crippen MR) is 57.0 cm³/mol. The molecule has 0 radical (unpaired) electrons. The van der Waals surface area contributed by atoms with Crippen molar-refractivity contribution >= 4 is 23.2 Å². The number of hydrogen-bond donors (Lipinski definition) is 0. The van der Waals surface area contributed by atoms with Crippen LogP contribution in [0.4, 0.5) is 0 Å². The second kappa shape index (κ2) is 4.91. The first-order valence-corrected chi connectivity index (χ1v) is 5.01. The van der Waals surface area contributed by atoms with Gasteiger partial charge < -0.3 is 4.74 Å². The van der Waals surface area contributed by atoms with Crippen molar-refractivity contribution in [1.82, 2.24) is 9.97 Å². The summed E-state index contributed by atoms with van der Waals surface area (Å²) < 4.78 is 5.10. The molecule has 78 valence electrons. The molecule has 0 spiro atoms. The van der Waals surface area contributed by atoms with E-state index in [0.29, 0.717) is 28.1 Å². The summed E-state index contributed by atoms with van der Waals surface area (Å²) in [5, 5.41) is 0.812. The summed E-state index contributed by atoms with van der Waals surface area (Å²) >= 11 is 11.7. The molecule has 1 aromatic rings. The lowest BCUT2D eigenvalue weighted by atomic mass is 10.2. The van der Waals surface area contributed by atoms with Gasteiger partial charge in [0.15, 0.2) is 0 Å². The number of aromatic nitrogens is 2. The summed E-state index contributed by atoms with van der Waals surface area (Å²) in [5.41, 5.74) is 0.710. The van der Waals surface area contributed by atoms with Gasteiger partial charge in [0.25, 0.3) is 0 Å². The minimum Gasteiger partial charge on any atom is -0.381 e. The van der Waals surface area contributed by atoms with Gasteiger partial charge in [-0.25, -0.2) is 9.97 Å². The van der Waals surface area contributed by atoms with Crippen molar-refractivity contribution in [2.45, 2.75) is 26.4 Å². The van der Waals surface area contributed by atoms with Crippen LogP contribution in [0.1, 0.15) is 18.3 Å². The minimum atomic E-state index is 0.0600. The third kappa shape index (κ3) is 2.80. The van der Waals surface area contributed by atoms with E-state index in [0.717, 1.165) is 0 Å². The summed E-state index contributed by atoms with van der Waals surface area (Å²) in [6.45, 7) is 3.72. The first-order chi connectivity index (χ1) is 6.54. The average Bonchev–Trinajstić information content (AvgIpc) is 2.14. The Bertz CT molecular complexity index is 308. The van der Waals surface area contributed by atoms with Gasteiger partial charge >= 0.3 is 0 Å². The number of nitrogens with zero attached hydrogens (tertiary/aromatic N) is 2. The molecule has 1 unspecified atom stereocenters. The van der Waals surface area contributed by atoms with E-state index in [2.05, 4.69) is 9.97 Å². The first-order valence-electron chi connectivity index (χ1n) is 4.26. The Kier molecular flexibility index (Phi) is 4.11. The zero-order chi connectivity index (χ0) is 10.7. The van der Waals surface area contributed by atoms with E-state index >= 15 is 0 Å². The molecule has 0 aromatic carbocycles. The maximum absolute atomic E-state index is 5.87. The van der Waals surface area contributed by atoms with Crippen molar-refractivity contribution < 1.29 is 4.74 Å². The van der Waals surface area contributed by atoms with Crippen LogP contribution < -0.4 is 0 Å². The van der Waals surface area contributed by atoms with Crippen LogP contribution in [0, 0.1) is 6.92 Å². The quantitative estimate of drug-likeness (QED) is 0.755. The second-order valence-electron chi connectivity index (χ2n) is 3.10. The molecule has 0 saturated carbocycles. The third-order valence-corrected chi connectivity index (χ3v) is 2.68. The highest BCUT2D eigenvalue weighted by Crippen LogP contribution is 2.20. The molecule has 5 heteroatoms. The van der Waals surface area contributed by atoms with E-state index in [4.69, 9.17) is 27.9 Å². The summed E-state index contributed by atoms with van der Waals surface area (Å²) in [6.07, 6.45) is 0.667. The van der Waals surface area contributed by atoms with Gasteiger partial charge in [0, 0.05) is 19.1 Å². The van der Waals surface area contributed by atoms with Gasteiger partial charge in [-0.15, -0.1) is 0 Å². The fourth-order valence-electron chi connectivity index (χ4n) is 0.936. The largest absolute Gasteiger partial charge is 0.381 e. The lowest BCUT2D eigenvalue weighted by Gasteiger charge is -2.09. The van der Waals surface area contributed by atoms with Crippen molar-refractivity contribution in [3.63, 3.8) is 0 Å². The lowest BCUT2D eigenvalue weighted by molar-refractivity contribution is 0.117. The van der Waals surface area contributed by atoms with E-state index in [-0.39, 0.29) is 6.10 Å². The predicted octanol–water partition coefficient (Wildman–Crippen LogP) is 2.67. The lowest BCUT2D eigenvalue weighted by Crippen LogP contribution is -2.12. The highest BCUT2D eigenvalue weighted by molar-refractivity contribution is 6.34. The SMILES string of the molecule is COC(C)Cc1nc(Cl)c(C)c(Cl)n1. The van der Waals surface area contributed by atoms with Gasteiger partial charge in [0.05, 0.1) is 6.10 Å². The molecule has 0 saturated heterocycles.